The van der Waals surface area contributed by atoms with Gasteiger partial charge in [-0.2, -0.15) is 0 Å². The Morgan fingerprint density at radius 2 is 2.04 bits per heavy atom. The lowest BCUT2D eigenvalue weighted by Gasteiger charge is -2.14. The first-order valence-corrected chi connectivity index (χ1v) is 10.0. The first-order chi connectivity index (χ1) is 13.2. The summed E-state index contributed by atoms with van der Waals surface area (Å²) in [4.78, 5) is 16.5. The number of benzene rings is 1. The first kappa shape index (κ1) is 17.7. The lowest BCUT2D eigenvalue weighted by molar-refractivity contribution is -0.119. The Bertz CT molecular complexity index is 909. The Morgan fingerprint density at radius 3 is 2.74 bits per heavy atom. The maximum atomic E-state index is 12.4. The van der Waals surface area contributed by atoms with Gasteiger partial charge in [-0.1, -0.05) is 42.1 Å². The Labute approximate surface area is 162 Å². The third-order valence-electron chi connectivity index (χ3n) is 4.51. The number of hydrogen-bond donors (Lipinski definition) is 1. The van der Waals surface area contributed by atoms with Gasteiger partial charge >= 0.3 is 0 Å². The highest BCUT2D eigenvalue weighted by molar-refractivity contribution is 7.99. The van der Waals surface area contributed by atoms with Crippen molar-refractivity contribution in [1.82, 2.24) is 25.1 Å². The highest BCUT2D eigenvalue weighted by Gasteiger charge is 2.30. The molecular formula is C20H21N5OS. The summed E-state index contributed by atoms with van der Waals surface area (Å²) in [6.07, 6.45) is 5.78. The molecule has 7 heteroatoms. The number of nitrogens with one attached hydrogen (secondary N) is 1. The van der Waals surface area contributed by atoms with E-state index in [0.717, 1.165) is 34.9 Å². The Hall–Kier alpha value is -2.67. The second-order valence-corrected chi connectivity index (χ2v) is 7.58. The Kier molecular flexibility index (Phi) is 5.20. The van der Waals surface area contributed by atoms with Crippen LogP contribution in [0.1, 0.15) is 37.4 Å². The highest BCUT2D eigenvalue weighted by Crippen LogP contribution is 2.40. The molecule has 6 nitrogen and oxygen atoms in total. The van der Waals surface area contributed by atoms with Gasteiger partial charge in [0.1, 0.15) is 0 Å². The smallest absolute Gasteiger partial charge is 0.230 e. The molecule has 0 bridgehead atoms. The van der Waals surface area contributed by atoms with E-state index in [2.05, 4.69) is 25.1 Å². The van der Waals surface area contributed by atoms with E-state index in [0.29, 0.717) is 11.8 Å². The van der Waals surface area contributed by atoms with E-state index in [-0.39, 0.29) is 11.9 Å². The molecule has 3 aromatic rings. The van der Waals surface area contributed by atoms with Gasteiger partial charge in [-0.25, -0.2) is 0 Å². The van der Waals surface area contributed by atoms with E-state index < -0.39 is 0 Å². The number of carbonyl (C=O) groups excluding carboxylic acids is 1. The van der Waals surface area contributed by atoms with Crippen molar-refractivity contribution < 1.29 is 4.79 Å². The first-order valence-electron chi connectivity index (χ1n) is 9.05. The predicted octanol–water partition coefficient (Wildman–Crippen LogP) is 3.64. The van der Waals surface area contributed by atoms with Crippen molar-refractivity contribution in [1.29, 1.82) is 0 Å². The molecule has 1 aliphatic carbocycles. The molecule has 1 N–H and O–H groups in total. The minimum atomic E-state index is -0.0217. The number of hydrogen-bond acceptors (Lipinski definition) is 5. The van der Waals surface area contributed by atoms with Crippen molar-refractivity contribution in [3.63, 3.8) is 0 Å². The number of pyridine rings is 1. The van der Waals surface area contributed by atoms with Crippen LogP contribution in [-0.2, 0) is 4.79 Å². The van der Waals surface area contributed by atoms with Crippen LogP contribution in [0.25, 0.3) is 11.4 Å². The summed E-state index contributed by atoms with van der Waals surface area (Å²) in [6, 6.07) is 14.2. The predicted molar refractivity (Wildman–Crippen MR) is 105 cm³/mol. The maximum absolute atomic E-state index is 12.4. The minimum absolute atomic E-state index is 0.00960. The average Bonchev–Trinajstić information content (AvgIpc) is 3.46. The van der Waals surface area contributed by atoms with Gasteiger partial charge in [0.25, 0.3) is 0 Å². The normalized spacial score (nSPS) is 14.7. The Balaban J connectivity index is 1.43. The summed E-state index contributed by atoms with van der Waals surface area (Å²) < 4.78 is 2.15. The zero-order valence-electron chi connectivity index (χ0n) is 15.1. The van der Waals surface area contributed by atoms with Crippen LogP contribution in [0.3, 0.4) is 0 Å². The number of nitrogens with zero attached hydrogens (tertiary/aromatic N) is 4. The fourth-order valence-electron chi connectivity index (χ4n) is 2.97. The van der Waals surface area contributed by atoms with Gasteiger partial charge in [0.2, 0.25) is 5.91 Å². The molecule has 1 aromatic carbocycles. The zero-order chi connectivity index (χ0) is 18.6. The van der Waals surface area contributed by atoms with Crippen LogP contribution in [-0.4, -0.2) is 31.4 Å². The molecule has 4 rings (SSSR count). The van der Waals surface area contributed by atoms with Gasteiger partial charge in [-0.3, -0.25) is 14.3 Å². The van der Waals surface area contributed by atoms with Gasteiger partial charge in [0, 0.05) is 24.0 Å². The molecule has 0 saturated heterocycles. The summed E-state index contributed by atoms with van der Waals surface area (Å²) in [5.74, 6) is 1.13. The molecule has 1 amide bonds. The van der Waals surface area contributed by atoms with Crippen molar-refractivity contribution in [3.8, 4) is 11.4 Å². The number of amides is 1. The summed E-state index contributed by atoms with van der Waals surface area (Å²) >= 11 is 1.43. The fraction of sp³-hybridized carbons (Fsp3) is 0.300. The van der Waals surface area contributed by atoms with Crippen LogP contribution in [0.15, 0.2) is 60.0 Å². The summed E-state index contributed by atoms with van der Waals surface area (Å²) in [6.45, 7) is 1.99. The van der Waals surface area contributed by atoms with Crippen molar-refractivity contribution in [3.05, 3.63) is 60.4 Å². The van der Waals surface area contributed by atoms with Crippen LogP contribution < -0.4 is 5.32 Å². The van der Waals surface area contributed by atoms with E-state index in [1.807, 2.05) is 49.4 Å². The second kappa shape index (κ2) is 7.92. The van der Waals surface area contributed by atoms with Gasteiger partial charge < -0.3 is 5.32 Å². The molecule has 0 aliphatic heterocycles. The summed E-state index contributed by atoms with van der Waals surface area (Å²) in [5, 5.41) is 12.5. The lowest BCUT2D eigenvalue weighted by atomic mass is 10.1. The SMILES string of the molecule is CC(NC(=O)CSc1nnc(-c2cccnc2)n1C1CC1)c1ccccc1. The van der Waals surface area contributed by atoms with Crippen LogP contribution in [0.4, 0.5) is 0 Å². The van der Waals surface area contributed by atoms with Crippen LogP contribution >= 0.6 is 11.8 Å². The van der Waals surface area contributed by atoms with Gasteiger partial charge in [-0.05, 0) is 37.5 Å². The van der Waals surface area contributed by atoms with Crippen molar-refractivity contribution >= 4 is 17.7 Å². The molecule has 1 aliphatic rings. The molecule has 1 atom stereocenters. The molecule has 0 radical (unpaired) electrons. The van der Waals surface area contributed by atoms with Gasteiger partial charge in [0.15, 0.2) is 11.0 Å². The molecule has 138 valence electrons. The molecule has 1 fully saturated rings. The lowest BCUT2D eigenvalue weighted by Crippen LogP contribution is -2.28. The standard InChI is InChI=1S/C20H21N5OS/c1-14(15-6-3-2-4-7-15)22-18(26)13-27-20-24-23-19(25(20)17-9-10-17)16-8-5-11-21-12-16/h2-8,11-12,14,17H,9-10,13H2,1H3,(H,22,26). The van der Waals surface area contributed by atoms with Crippen LogP contribution in [0, 0.1) is 0 Å². The topological polar surface area (TPSA) is 72.7 Å². The Morgan fingerprint density at radius 1 is 1.22 bits per heavy atom. The molecule has 0 spiro atoms. The minimum Gasteiger partial charge on any atom is -0.349 e. The number of thioether (sulfide) groups is 1. The average molecular weight is 379 g/mol. The highest BCUT2D eigenvalue weighted by atomic mass is 32.2. The quantitative estimate of drug-likeness (QED) is 0.635. The number of carbonyl (C=O) groups is 1. The summed E-state index contributed by atoms with van der Waals surface area (Å²) in [5.41, 5.74) is 2.04. The van der Waals surface area contributed by atoms with Crippen molar-refractivity contribution in [2.24, 2.45) is 0 Å². The van der Waals surface area contributed by atoms with Crippen LogP contribution in [0.5, 0.6) is 0 Å². The zero-order valence-corrected chi connectivity index (χ0v) is 15.9. The third kappa shape index (κ3) is 4.19. The molecule has 1 saturated carbocycles. The molecule has 27 heavy (non-hydrogen) atoms. The third-order valence-corrected chi connectivity index (χ3v) is 5.45. The van der Waals surface area contributed by atoms with Gasteiger partial charge in [-0.15, -0.1) is 10.2 Å². The summed E-state index contributed by atoms with van der Waals surface area (Å²) in [7, 11) is 0. The second-order valence-electron chi connectivity index (χ2n) is 6.64. The largest absolute Gasteiger partial charge is 0.349 e. The van der Waals surface area contributed by atoms with Gasteiger partial charge in [0.05, 0.1) is 11.8 Å². The van der Waals surface area contributed by atoms with E-state index in [9.17, 15) is 4.79 Å². The number of aromatic nitrogens is 4. The molecule has 2 aromatic heterocycles. The molecular weight excluding hydrogens is 358 g/mol. The van der Waals surface area contributed by atoms with Crippen molar-refractivity contribution in [2.75, 3.05) is 5.75 Å². The maximum Gasteiger partial charge on any atom is 0.230 e. The van der Waals surface area contributed by atoms with E-state index in [1.54, 1.807) is 12.4 Å². The van der Waals surface area contributed by atoms with E-state index in [1.165, 1.54) is 11.8 Å². The monoisotopic (exact) mass is 379 g/mol. The van der Waals surface area contributed by atoms with Crippen molar-refractivity contribution in [2.45, 2.75) is 37.0 Å². The van der Waals surface area contributed by atoms with E-state index in [4.69, 9.17) is 0 Å². The number of rotatable bonds is 7. The molecule has 1 unspecified atom stereocenters. The molecule has 2 heterocycles. The van der Waals surface area contributed by atoms with Crippen LogP contribution in [0.2, 0.25) is 0 Å². The fourth-order valence-corrected chi connectivity index (χ4v) is 3.78. The van der Waals surface area contributed by atoms with E-state index >= 15 is 0 Å².